The Morgan fingerprint density at radius 1 is 1.15 bits per heavy atom. The van der Waals surface area contributed by atoms with Gasteiger partial charge in [0.25, 0.3) is 0 Å². The maximum Gasteiger partial charge on any atom is 0.338 e. The van der Waals surface area contributed by atoms with Gasteiger partial charge in [0.2, 0.25) is 10.4 Å². The number of aliphatic hydroxyl groups excluding tert-OH is 1. The van der Waals surface area contributed by atoms with E-state index in [9.17, 15) is 15.3 Å². The molecule has 156 valence electrons. The predicted molar refractivity (Wildman–Crippen MR) is 90.0 cm³/mol. The van der Waals surface area contributed by atoms with Gasteiger partial charge in [-0.2, -0.15) is 0 Å². The van der Waals surface area contributed by atoms with Crippen molar-refractivity contribution in [3.8, 4) is 11.5 Å². The van der Waals surface area contributed by atoms with Gasteiger partial charge in [0.15, 0.2) is 0 Å². The van der Waals surface area contributed by atoms with Crippen LogP contribution in [0.4, 0.5) is 0 Å². The third kappa shape index (κ3) is 19.8. The van der Waals surface area contributed by atoms with Crippen LogP contribution in [0.5, 0.6) is 11.5 Å². The number of guanidine groups is 1. The average molecular weight is 406 g/mol. The van der Waals surface area contributed by atoms with Gasteiger partial charge in [-0.3, -0.25) is 21.0 Å². The number of benzene rings is 1. The lowest BCUT2D eigenvalue weighted by Gasteiger charge is -2.12. The van der Waals surface area contributed by atoms with E-state index in [4.69, 9.17) is 29.0 Å². The first-order chi connectivity index (χ1) is 10.5. The number of phenols is 2. The maximum absolute atomic E-state index is 9.82. The summed E-state index contributed by atoms with van der Waals surface area (Å²) in [7, 11) is -4.92. The second-order valence-electron chi connectivity index (χ2n) is 4.31. The van der Waals surface area contributed by atoms with Crippen LogP contribution >= 0.6 is 0 Å². The lowest BCUT2D eigenvalue weighted by atomic mass is 10.1. The molecular formula is C11H26N4O10S. The molecule has 1 rings (SSSR count). The van der Waals surface area contributed by atoms with Crippen molar-refractivity contribution in [1.29, 1.82) is 0 Å². The minimum atomic E-state index is -4.92. The number of nitrogens with one attached hydrogen (secondary N) is 2. The van der Waals surface area contributed by atoms with Crippen molar-refractivity contribution in [3.63, 3.8) is 0 Å². The van der Waals surface area contributed by atoms with Crippen molar-refractivity contribution < 1.29 is 54.3 Å². The number of phenolic OH excluding ortho intramolecular Hbond substituents is 2. The molecule has 0 saturated carbocycles. The predicted octanol–water partition coefficient (Wildman–Crippen LogP) is -6.39. The van der Waals surface area contributed by atoms with Gasteiger partial charge in [-0.15, -0.1) is 0 Å². The number of aliphatic hydroxyl groups is 1. The van der Waals surface area contributed by atoms with Crippen molar-refractivity contribution in [2.45, 2.75) is 6.10 Å². The second-order valence-corrected chi connectivity index (χ2v) is 5.17. The molecule has 16 N–H and O–H groups in total. The lowest BCUT2D eigenvalue weighted by molar-refractivity contribution is -0.456. The highest BCUT2D eigenvalue weighted by atomic mass is 32.3. The summed E-state index contributed by atoms with van der Waals surface area (Å²) >= 11 is 0. The highest BCUT2D eigenvalue weighted by Gasteiger charge is 2.09. The minimum Gasteiger partial charge on any atom is -0.726 e. The van der Waals surface area contributed by atoms with Crippen LogP contribution < -0.4 is 21.8 Å². The third-order valence-corrected chi connectivity index (χ3v) is 2.28. The van der Waals surface area contributed by atoms with Crippen LogP contribution in [0, 0.1) is 0 Å². The first kappa shape index (κ1) is 31.5. The van der Waals surface area contributed by atoms with Crippen LogP contribution in [0.25, 0.3) is 0 Å². The Morgan fingerprint density at radius 3 is 1.96 bits per heavy atom. The smallest absolute Gasteiger partial charge is 0.338 e. The van der Waals surface area contributed by atoms with Crippen molar-refractivity contribution in [2.75, 3.05) is 19.6 Å². The Morgan fingerprint density at radius 2 is 1.58 bits per heavy atom. The van der Waals surface area contributed by atoms with Crippen LogP contribution in [-0.4, -0.2) is 74.9 Å². The quantitative estimate of drug-likeness (QED) is 0.0725. The first-order valence-corrected chi connectivity index (χ1v) is 7.57. The average Bonchev–Trinajstić information content (AvgIpc) is 2.34. The van der Waals surface area contributed by atoms with Crippen molar-refractivity contribution in [1.82, 2.24) is 5.32 Å². The Hall–Kier alpha value is -2.24. The topological polar surface area (TPSA) is 311 Å². The SMILES string of the molecule is NC(N)=[NH+]CCNCC(O)c1cc(O)cc(O)c1.O.O.O.O=S(=O)([O-])O. The molecule has 0 saturated heterocycles. The monoisotopic (exact) mass is 406 g/mol. The van der Waals surface area contributed by atoms with Crippen molar-refractivity contribution in [2.24, 2.45) is 11.5 Å². The van der Waals surface area contributed by atoms with E-state index in [1.165, 1.54) is 18.2 Å². The normalized spacial score (nSPS) is 10.6. The van der Waals surface area contributed by atoms with Crippen LogP contribution in [0.15, 0.2) is 18.2 Å². The van der Waals surface area contributed by atoms with E-state index >= 15 is 0 Å². The fourth-order valence-electron chi connectivity index (χ4n) is 1.46. The standard InChI is InChI=1S/C11H18N4O3.H2O4S.3H2O/c12-11(13)15-2-1-14-6-10(18)7-3-8(16)5-9(17)4-7;1-5(2,3)4;;;/h3-5,10,14,16-18H,1-2,6H2,(H4,12,13,15);(H2,1,2,3,4);3*1H2. The summed E-state index contributed by atoms with van der Waals surface area (Å²) in [6.07, 6.45) is -0.817. The molecule has 0 aliphatic heterocycles. The van der Waals surface area contributed by atoms with Gasteiger partial charge in [0, 0.05) is 19.2 Å². The van der Waals surface area contributed by atoms with Gasteiger partial charge < -0.3 is 41.6 Å². The van der Waals surface area contributed by atoms with E-state index in [1.807, 2.05) is 0 Å². The number of rotatable bonds is 6. The molecule has 14 nitrogen and oxygen atoms in total. The summed E-state index contributed by atoms with van der Waals surface area (Å²) in [5.41, 5.74) is 10.9. The number of nitrogens with two attached hydrogens (primary N) is 2. The van der Waals surface area contributed by atoms with E-state index in [-0.39, 0.29) is 40.4 Å². The lowest BCUT2D eigenvalue weighted by Crippen LogP contribution is -2.79. The van der Waals surface area contributed by atoms with Crippen molar-refractivity contribution in [3.05, 3.63) is 23.8 Å². The molecule has 0 amide bonds. The first-order valence-electron chi connectivity index (χ1n) is 6.20. The summed E-state index contributed by atoms with van der Waals surface area (Å²) in [5, 5.41) is 31.4. The Labute approximate surface area is 149 Å². The molecule has 0 radical (unpaired) electrons. The number of aromatic hydroxyl groups is 2. The van der Waals surface area contributed by atoms with E-state index in [2.05, 4.69) is 10.3 Å². The zero-order valence-corrected chi connectivity index (χ0v) is 14.3. The van der Waals surface area contributed by atoms with E-state index in [0.717, 1.165) is 0 Å². The highest BCUT2D eigenvalue weighted by molar-refractivity contribution is 7.79. The largest absolute Gasteiger partial charge is 0.726 e. The molecule has 0 aliphatic rings. The van der Waals surface area contributed by atoms with Gasteiger partial charge >= 0.3 is 5.96 Å². The zero-order chi connectivity index (χ0) is 18.0. The Kier molecular flexibility index (Phi) is 18.2. The maximum atomic E-state index is 9.82. The Balaban J connectivity index is -0.000000268. The van der Waals surface area contributed by atoms with Crippen LogP contribution in [-0.2, 0) is 10.4 Å². The molecular weight excluding hydrogens is 380 g/mol. The molecule has 26 heavy (non-hydrogen) atoms. The van der Waals surface area contributed by atoms with Gasteiger partial charge in [0.05, 0.1) is 12.6 Å². The second kappa shape index (κ2) is 15.0. The highest BCUT2D eigenvalue weighted by Crippen LogP contribution is 2.24. The van der Waals surface area contributed by atoms with Gasteiger partial charge in [-0.05, 0) is 17.7 Å². The van der Waals surface area contributed by atoms with Gasteiger partial charge in [-0.25, -0.2) is 8.42 Å². The molecule has 1 unspecified atom stereocenters. The third-order valence-electron chi connectivity index (χ3n) is 2.28. The van der Waals surface area contributed by atoms with Crippen molar-refractivity contribution >= 4 is 16.4 Å². The van der Waals surface area contributed by atoms with Crippen LogP contribution in [0.2, 0.25) is 0 Å². The molecule has 0 heterocycles. The van der Waals surface area contributed by atoms with Crippen LogP contribution in [0.1, 0.15) is 11.7 Å². The summed E-state index contributed by atoms with van der Waals surface area (Å²) in [6.45, 7) is 1.40. The van der Waals surface area contributed by atoms with E-state index in [0.29, 0.717) is 18.7 Å². The fourth-order valence-corrected chi connectivity index (χ4v) is 1.46. The molecule has 0 aromatic heterocycles. The number of hydrogen-bond acceptors (Lipinski definition) is 7. The summed E-state index contributed by atoms with van der Waals surface area (Å²) < 4.78 is 32.8. The molecule has 0 bridgehead atoms. The zero-order valence-electron chi connectivity index (χ0n) is 13.5. The van der Waals surface area contributed by atoms with E-state index < -0.39 is 16.5 Å². The summed E-state index contributed by atoms with van der Waals surface area (Å²) in [4.78, 5) is 2.73. The molecule has 1 aromatic rings. The van der Waals surface area contributed by atoms with Crippen LogP contribution in [0.3, 0.4) is 0 Å². The minimum absolute atomic E-state index is 0. The fraction of sp³-hybridized carbons (Fsp3) is 0.364. The molecule has 0 spiro atoms. The molecule has 0 fully saturated rings. The van der Waals surface area contributed by atoms with Gasteiger partial charge in [0.1, 0.15) is 11.5 Å². The van der Waals surface area contributed by atoms with E-state index in [1.54, 1.807) is 0 Å². The molecule has 1 atom stereocenters. The molecule has 1 aromatic carbocycles. The molecule has 0 aliphatic carbocycles. The Bertz CT molecular complexity index is 593. The summed E-state index contributed by atoms with van der Waals surface area (Å²) in [5.74, 6) is -0.0253. The van der Waals surface area contributed by atoms with Gasteiger partial charge in [-0.1, -0.05) is 0 Å². The number of hydrogen-bond donors (Lipinski definition) is 8. The summed E-state index contributed by atoms with van der Waals surface area (Å²) in [6, 6.07) is 4.00. The molecule has 15 heteroatoms.